The smallest absolute Gasteiger partial charge is 0.0546 e. The van der Waals surface area contributed by atoms with Crippen LogP contribution in [0.4, 0.5) is 0 Å². The summed E-state index contributed by atoms with van der Waals surface area (Å²) in [7, 11) is 0. The molecule has 0 aliphatic rings. The van der Waals surface area contributed by atoms with E-state index in [0.29, 0.717) is 11.1 Å². The van der Waals surface area contributed by atoms with Crippen molar-refractivity contribution in [3.05, 3.63) is 58.1 Å². The summed E-state index contributed by atoms with van der Waals surface area (Å²) >= 11 is 13.9. The fourth-order valence-electron chi connectivity index (χ4n) is 2.02. The summed E-state index contributed by atoms with van der Waals surface area (Å²) < 4.78 is 0. The third kappa shape index (κ3) is 3.92. The molecule has 0 aliphatic heterocycles. The second kappa shape index (κ2) is 7.37. The summed E-state index contributed by atoms with van der Waals surface area (Å²) in [5.74, 6) is 0. The standard InChI is InChI=1S/C16H17Cl2NS/c1-3-19-11(2)13-6-4-5-7-15(13)20-16-10-12(17)8-9-14(16)18/h4-11,19H,3H2,1-2H3. The first-order valence-electron chi connectivity index (χ1n) is 6.57. The molecule has 2 aromatic rings. The normalized spacial score (nSPS) is 12.4. The van der Waals surface area contributed by atoms with Gasteiger partial charge < -0.3 is 5.32 Å². The average molecular weight is 326 g/mol. The molecule has 1 unspecified atom stereocenters. The molecular weight excluding hydrogens is 309 g/mol. The lowest BCUT2D eigenvalue weighted by Crippen LogP contribution is -2.18. The van der Waals surface area contributed by atoms with E-state index < -0.39 is 0 Å². The van der Waals surface area contributed by atoms with Gasteiger partial charge in [-0.05, 0) is 43.3 Å². The van der Waals surface area contributed by atoms with Gasteiger partial charge in [-0.1, -0.05) is 60.1 Å². The van der Waals surface area contributed by atoms with Gasteiger partial charge in [-0.3, -0.25) is 0 Å². The van der Waals surface area contributed by atoms with E-state index in [2.05, 4.69) is 37.4 Å². The lowest BCUT2D eigenvalue weighted by molar-refractivity contribution is 0.590. The largest absolute Gasteiger partial charge is 0.310 e. The van der Waals surface area contributed by atoms with Crippen LogP contribution in [0.2, 0.25) is 10.0 Å². The third-order valence-electron chi connectivity index (χ3n) is 3.01. The fraction of sp³-hybridized carbons (Fsp3) is 0.250. The van der Waals surface area contributed by atoms with Gasteiger partial charge in [0.05, 0.1) is 5.02 Å². The van der Waals surface area contributed by atoms with E-state index in [1.807, 2.05) is 18.2 Å². The van der Waals surface area contributed by atoms with Crippen LogP contribution in [0.5, 0.6) is 0 Å². The SMILES string of the molecule is CCNC(C)c1ccccc1Sc1cc(Cl)ccc1Cl. The van der Waals surface area contributed by atoms with E-state index in [0.717, 1.165) is 16.5 Å². The quantitative estimate of drug-likeness (QED) is 0.743. The molecule has 106 valence electrons. The molecule has 2 rings (SSSR count). The zero-order chi connectivity index (χ0) is 14.5. The van der Waals surface area contributed by atoms with Crippen molar-refractivity contribution in [3.63, 3.8) is 0 Å². The summed E-state index contributed by atoms with van der Waals surface area (Å²) in [4.78, 5) is 2.18. The Balaban J connectivity index is 2.31. The molecule has 2 aromatic carbocycles. The maximum absolute atomic E-state index is 6.24. The van der Waals surface area contributed by atoms with Crippen molar-refractivity contribution in [2.24, 2.45) is 0 Å². The number of nitrogens with one attached hydrogen (secondary N) is 1. The van der Waals surface area contributed by atoms with Crippen LogP contribution >= 0.6 is 35.0 Å². The Bertz CT molecular complexity index is 586. The molecule has 20 heavy (non-hydrogen) atoms. The van der Waals surface area contributed by atoms with Crippen molar-refractivity contribution in [1.29, 1.82) is 0 Å². The van der Waals surface area contributed by atoms with Gasteiger partial charge in [0.15, 0.2) is 0 Å². The zero-order valence-electron chi connectivity index (χ0n) is 11.5. The molecule has 0 bridgehead atoms. The summed E-state index contributed by atoms with van der Waals surface area (Å²) in [5.41, 5.74) is 1.27. The minimum atomic E-state index is 0.307. The number of halogens is 2. The predicted octanol–water partition coefficient (Wildman–Crippen LogP) is 5.82. The van der Waals surface area contributed by atoms with Crippen LogP contribution < -0.4 is 5.32 Å². The topological polar surface area (TPSA) is 12.0 Å². The second-order valence-corrected chi connectivity index (χ2v) is 6.42. The fourth-order valence-corrected chi connectivity index (χ4v) is 3.59. The molecule has 0 saturated carbocycles. The summed E-state index contributed by atoms with van der Waals surface area (Å²) in [6, 6.07) is 14.2. The molecule has 0 aromatic heterocycles. The van der Waals surface area contributed by atoms with E-state index >= 15 is 0 Å². The van der Waals surface area contributed by atoms with Crippen molar-refractivity contribution in [1.82, 2.24) is 5.32 Å². The van der Waals surface area contributed by atoms with Crippen molar-refractivity contribution < 1.29 is 0 Å². The molecule has 1 nitrogen and oxygen atoms in total. The Kier molecular flexibility index (Phi) is 5.79. The van der Waals surface area contributed by atoms with Gasteiger partial charge in [0.25, 0.3) is 0 Å². The molecular formula is C16H17Cl2NS. The molecule has 4 heteroatoms. The monoisotopic (exact) mass is 325 g/mol. The van der Waals surface area contributed by atoms with Crippen LogP contribution in [0.25, 0.3) is 0 Å². The highest BCUT2D eigenvalue weighted by atomic mass is 35.5. The van der Waals surface area contributed by atoms with Crippen molar-refractivity contribution in [2.75, 3.05) is 6.54 Å². The predicted molar refractivity (Wildman–Crippen MR) is 89.1 cm³/mol. The molecule has 0 spiro atoms. The number of hydrogen-bond donors (Lipinski definition) is 1. The van der Waals surface area contributed by atoms with E-state index in [1.54, 1.807) is 17.8 Å². The summed E-state index contributed by atoms with van der Waals surface area (Å²) in [6.45, 7) is 5.22. The minimum absolute atomic E-state index is 0.307. The van der Waals surface area contributed by atoms with E-state index in [1.165, 1.54) is 10.5 Å². The molecule has 0 saturated heterocycles. The average Bonchev–Trinajstić information content (AvgIpc) is 2.44. The molecule has 0 heterocycles. The number of rotatable bonds is 5. The molecule has 0 aliphatic carbocycles. The Morgan fingerprint density at radius 1 is 1.10 bits per heavy atom. The highest BCUT2D eigenvalue weighted by Crippen LogP contribution is 2.38. The van der Waals surface area contributed by atoms with E-state index in [4.69, 9.17) is 23.2 Å². The van der Waals surface area contributed by atoms with Gasteiger partial charge >= 0.3 is 0 Å². The first-order chi connectivity index (χ1) is 9.61. The lowest BCUT2D eigenvalue weighted by Gasteiger charge is -2.17. The van der Waals surface area contributed by atoms with Crippen LogP contribution in [-0.4, -0.2) is 6.54 Å². The van der Waals surface area contributed by atoms with Crippen molar-refractivity contribution in [3.8, 4) is 0 Å². The Morgan fingerprint density at radius 3 is 2.60 bits per heavy atom. The second-order valence-electron chi connectivity index (χ2n) is 4.49. The van der Waals surface area contributed by atoms with Gasteiger partial charge in [-0.2, -0.15) is 0 Å². The van der Waals surface area contributed by atoms with Gasteiger partial charge in [-0.15, -0.1) is 0 Å². The molecule has 0 radical (unpaired) electrons. The van der Waals surface area contributed by atoms with Crippen LogP contribution in [0.15, 0.2) is 52.3 Å². The molecule has 1 atom stereocenters. The summed E-state index contributed by atoms with van der Waals surface area (Å²) in [6.07, 6.45) is 0. The van der Waals surface area contributed by atoms with Crippen LogP contribution in [-0.2, 0) is 0 Å². The minimum Gasteiger partial charge on any atom is -0.310 e. The zero-order valence-corrected chi connectivity index (χ0v) is 13.8. The molecule has 1 N–H and O–H groups in total. The highest BCUT2D eigenvalue weighted by Gasteiger charge is 2.11. The van der Waals surface area contributed by atoms with Gasteiger partial charge in [-0.25, -0.2) is 0 Å². The highest BCUT2D eigenvalue weighted by molar-refractivity contribution is 7.99. The lowest BCUT2D eigenvalue weighted by atomic mass is 10.1. The maximum Gasteiger partial charge on any atom is 0.0546 e. The number of benzene rings is 2. The summed E-state index contributed by atoms with van der Waals surface area (Å²) in [5, 5.41) is 4.87. The van der Waals surface area contributed by atoms with Crippen LogP contribution in [0.1, 0.15) is 25.5 Å². The van der Waals surface area contributed by atoms with Crippen LogP contribution in [0.3, 0.4) is 0 Å². The Labute approximate surface area is 134 Å². The van der Waals surface area contributed by atoms with Crippen molar-refractivity contribution >= 4 is 35.0 Å². The van der Waals surface area contributed by atoms with E-state index in [9.17, 15) is 0 Å². The maximum atomic E-state index is 6.24. The number of hydrogen-bond acceptors (Lipinski definition) is 2. The van der Waals surface area contributed by atoms with E-state index in [-0.39, 0.29) is 0 Å². The van der Waals surface area contributed by atoms with Gasteiger partial charge in [0.1, 0.15) is 0 Å². The van der Waals surface area contributed by atoms with Crippen molar-refractivity contribution in [2.45, 2.75) is 29.7 Å². The third-order valence-corrected chi connectivity index (χ3v) is 4.84. The van der Waals surface area contributed by atoms with Gasteiger partial charge in [0, 0.05) is 20.9 Å². The molecule has 0 amide bonds. The Morgan fingerprint density at radius 2 is 1.85 bits per heavy atom. The van der Waals surface area contributed by atoms with Crippen LogP contribution in [0, 0.1) is 0 Å². The first-order valence-corrected chi connectivity index (χ1v) is 8.14. The first kappa shape index (κ1) is 15.7. The molecule has 0 fully saturated rings. The Hall–Kier alpha value is -0.670. The van der Waals surface area contributed by atoms with Gasteiger partial charge in [0.2, 0.25) is 0 Å².